The Bertz CT molecular complexity index is 683. The van der Waals surface area contributed by atoms with E-state index in [1.807, 2.05) is 6.07 Å². The van der Waals surface area contributed by atoms with Gasteiger partial charge in [0.05, 0.1) is 20.1 Å². The molecule has 22 heavy (non-hydrogen) atoms. The molecule has 1 aromatic heterocycles. The average molecular weight is 302 g/mol. The summed E-state index contributed by atoms with van der Waals surface area (Å²) in [5, 5.41) is 0.714. The maximum atomic E-state index is 12.2. The van der Waals surface area contributed by atoms with Crippen LogP contribution in [0.5, 0.6) is 0 Å². The van der Waals surface area contributed by atoms with Gasteiger partial charge in [-0.2, -0.15) is 0 Å². The van der Waals surface area contributed by atoms with E-state index < -0.39 is 11.9 Å². The summed E-state index contributed by atoms with van der Waals surface area (Å²) in [6, 6.07) is 7.15. The van der Waals surface area contributed by atoms with E-state index in [1.165, 1.54) is 7.11 Å². The van der Waals surface area contributed by atoms with Gasteiger partial charge in [-0.3, -0.25) is 4.79 Å². The smallest absolute Gasteiger partial charge is 0.374 e. The molecule has 0 amide bonds. The number of para-hydroxylation sites is 1. The third-order valence-electron chi connectivity index (χ3n) is 3.22. The van der Waals surface area contributed by atoms with Crippen LogP contribution in [0.15, 0.2) is 41.3 Å². The fraction of sp³-hybridized carbons (Fsp3) is 0.294. The molecule has 0 spiro atoms. The van der Waals surface area contributed by atoms with E-state index in [4.69, 9.17) is 9.15 Å². The lowest BCUT2D eigenvalue weighted by molar-refractivity contribution is -0.139. The van der Waals surface area contributed by atoms with Crippen molar-refractivity contribution < 1.29 is 23.5 Å². The Kier molecular flexibility index (Phi) is 5.36. The molecule has 0 saturated heterocycles. The lowest BCUT2D eigenvalue weighted by Gasteiger charge is -2.04. The molecule has 1 aromatic carbocycles. The molecule has 0 aliphatic carbocycles. The number of hydrogen-bond acceptors (Lipinski definition) is 5. The standard InChI is InChI=1S/C17H18O5/c1-3-4-7-10-21-17(19)16-13(11-15(18)20-2)12-8-5-6-9-14(12)22-16/h3,5-6,8-9H,1,4,7,10-11H2,2H3. The molecule has 0 N–H and O–H groups in total. The van der Waals surface area contributed by atoms with Gasteiger partial charge in [-0.15, -0.1) is 6.58 Å². The normalized spacial score (nSPS) is 10.4. The van der Waals surface area contributed by atoms with Gasteiger partial charge >= 0.3 is 11.9 Å². The number of hydrogen-bond donors (Lipinski definition) is 0. The summed E-state index contributed by atoms with van der Waals surface area (Å²) in [6.07, 6.45) is 3.19. The summed E-state index contributed by atoms with van der Waals surface area (Å²) in [7, 11) is 1.30. The minimum absolute atomic E-state index is 0.0371. The van der Waals surface area contributed by atoms with Gasteiger partial charge in [-0.1, -0.05) is 24.3 Å². The van der Waals surface area contributed by atoms with Crippen LogP contribution < -0.4 is 0 Å². The Balaban J connectivity index is 2.26. The fourth-order valence-electron chi connectivity index (χ4n) is 2.11. The summed E-state index contributed by atoms with van der Waals surface area (Å²) < 4.78 is 15.4. The zero-order valence-electron chi connectivity index (χ0n) is 12.5. The highest BCUT2D eigenvalue weighted by Crippen LogP contribution is 2.27. The third-order valence-corrected chi connectivity index (χ3v) is 3.22. The summed E-state index contributed by atoms with van der Waals surface area (Å²) in [5.41, 5.74) is 1.04. The summed E-state index contributed by atoms with van der Waals surface area (Å²) in [4.78, 5) is 23.7. The predicted molar refractivity (Wildman–Crippen MR) is 81.6 cm³/mol. The largest absolute Gasteiger partial charge is 0.469 e. The van der Waals surface area contributed by atoms with E-state index in [1.54, 1.807) is 24.3 Å². The zero-order chi connectivity index (χ0) is 15.9. The number of benzene rings is 1. The van der Waals surface area contributed by atoms with E-state index in [9.17, 15) is 9.59 Å². The van der Waals surface area contributed by atoms with Crippen LogP contribution in [-0.4, -0.2) is 25.7 Å². The van der Waals surface area contributed by atoms with Crippen LogP contribution in [0.2, 0.25) is 0 Å². The molecule has 116 valence electrons. The number of ether oxygens (including phenoxy) is 2. The molecular formula is C17H18O5. The van der Waals surface area contributed by atoms with Crippen LogP contribution in [0.25, 0.3) is 11.0 Å². The topological polar surface area (TPSA) is 65.7 Å². The highest BCUT2D eigenvalue weighted by atomic mass is 16.5. The van der Waals surface area contributed by atoms with Crippen molar-refractivity contribution in [2.75, 3.05) is 13.7 Å². The number of allylic oxidation sites excluding steroid dienone is 1. The Hall–Kier alpha value is -2.56. The van der Waals surface area contributed by atoms with E-state index in [0.29, 0.717) is 23.0 Å². The number of fused-ring (bicyclic) bond motifs is 1. The Morgan fingerprint density at radius 1 is 1.32 bits per heavy atom. The van der Waals surface area contributed by atoms with Crippen molar-refractivity contribution in [2.45, 2.75) is 19.3 Å². The molecule has 5 nitrogen and oxygen atoms in total. The van der Waals surface area contributed by atoms with Crippen molar-refractivity contribution in [1.82, 2.24) is 0 Å². The molecular weight excluding hydrogens is 284 g/mol. The second-order valence-electron chi connectivity index (χ2n) is 4.73. The lowest BCUT2D eigenvalue weighted by atomic mass is 10.1. The summed E-state index contributed by atoms with van der Waals surface area (Å²) in [6.45, 7) is 3.89. The third kappa shape index (κ3) is 3.55. The first-order valence-corrected chi connectivity index (χ1v) is 7.02. The first-order chi connectivity index (χ1) is 10.7. The Morgan fingerprint density at radius 2 is 2.09 bits per heavy atom. The number of esters is 2. The molecule has 1 heterocycles. The van der Waals surface area contributed by atoms with Crippen LogP contribution in [-0.2, 0) is 20.7 Å². The second kappa shape index (κ2) is 7.45. The first kappa shape index (κ1) is 15.8. The SMILES string of the molecule is C=CCCCOC(=O)c1oc2ccccc2c1CC(=O)OC. The van der Waals surface area contributed by atoms with E-state index >= 15 is 0 Å². The van der Waals surface area contributed by atoms with Gasteiger partial charge in [0.25, 0.3) is 0 Å². The molecule has 0 aliphatic heterocycles. The minimum atomic E-state index is -0.570. The van der Waals surface area contributed by atoms with Crippen molar-refractivity contribution in [3.63, 3.8) is 0 Å². The Morgan fingerprint density at radius 3 is 2.82 bits per heavy atom. The van der Waals surface area contributed by atoms with Crippen molar-refractivity contribution in [2.24, 2.45) is 0 Å². The molecule has 0 bridgehead atoms. The molecule has 0 saturated carbocycles. The quantitative estimate of drug-likeness (QED) is 0.446. The summed E-state index contributed by atoms with van der Waals surface area (Å²) in [5.74, 6) is -0.948. The molecule has 2 rings (SSSR count). The summed E-state index contributed by atoms with van der Waals surface area (Å²) >= 11 is 0. The molecule has 5 heteroatoms. The van der Waals surface area contributed by atoms with Crippen molar-refractivity contribution in [1.29, 1.82) is 0 Å². The number of rotatable bonds is 7. The van der Waals surface area contributed by atoms with Crippen LogP contribution in [0.1, 0.15) is 29.0 Å². The molecule has 2 aromatic rings. The Labute approximate surface area is 128 Å². The fourth-order valence-corrected chi connectivity index (χ4v) is 2.11. The average Bonchev–Trinajstić information content (AvgIpc) is 2.90. The van der Waals surface area contributed by atoms with Crippen LogP contribution in [0, 0.1) is 0 Å². The number of unbranched alkanes of at least 4 members (excludes halogenated alkanes) is 1. The van der Waals surface area contributed by atoms with E-state index in [2.05, 4.69) is 11.3 Å². The van der Waals surface area contributed by atoms with Gasteiger partial charge in [0, 0.05) is 10.9 Å². The van der Waals surface area contributed by atoms with Crippen LogP contribution in [0.3, 0.4) is 0 Å². The molecule has 0 radical (unpaired) electrons. The maximum absolute atomic E-state index is 12.2. The highest BCUT2D eigenvalue weighted by molar-refractivity contribution is 5.98. The molecule has 0 fully saturated rings. The molecule has 0 aliphatic rings. The van der Waals surface area contributed by atoms with Gasteiger partial charge < -0.3 is 13.9 Å². The van der Waals surface area contributed by atoms with Gasteiger partial charge in [0.1, 0.15) is 5.58 Å². The van der Waals surface area contributed by atoms with Crippen LogP contribution in [0.4, 0.5) is 0 Å². The number of carbonyl (C=O) groups excluding carboxylic acids is 2. The minimum Gasteiger partial charge on any atom is -0.469 e. The van der Waals surface area contributed by atoms with Gasteiger partial charge in [-0.05, 0) is 18.9 Å². The number of methoxy groups -OCH3 is 1. The van der Waals surface area contributed by atoms with Crippen LogP contribution >= 0.6 is 0 Å². The van der Waals surface area contributed by atoms with Gasteiger partial charge in [-0.25, -0.2) is 4.79 Å². The van der Waals surface area contributed by atoms with Crippen molar-refractivity contribution in [3.8, 4) is 0 Å². The maximum Gasteiger partial charge on any atom is 0.374 e. The van der Waals surface area contributed by atoms with Gasteiger partial charge in [0.2, 0.25) is 5.76 Å². The van der Waals surface area contributed by atoms with E-state index in [0.717, 1.165) is 6.42 Å². The van der Waals surface area contributed by atoms with E-state index in [-0.39, 0.29) is 18.8 Å². The first-order valence-electron chi connectivity index (χ1n) is 7.02. The van der Waals surface area contributed by atoms with Crippen molar-refractivity contribution >= 4 is 22.9 Å². The second-order valence-corrected chi connectivity index (χ2v) is 4.73. The number of carbonyl (C=O) groups is 2. The lowest BCUT2D eigenvalue weighted by Crippen LogP contribution is -2.11. The number of furan rings is 1. The van der Waals surface area contributed by atoms with Crippen molar-refractivity contribution in [3.05, 3.63) is 48.2 Å². The highest BCUT2D eigenvalue weighted by Gasteiger charge is 2.23. The molecule has 0 unspecified atom stereocenters. The zero-order valence-corrected chi connectivity index (χ0v) is 12.5. The molecule has 0 atom stereocenters. The monoisotopic (exact) mass is 302 g/mol. The predicted octanol–water partition coefficient (Wildman–Crippen LogP) is 3.27. The van der Waals surface area contributed by atoms with Gasteiger partial charge in [0.15, 0.2) is 0 Å².